The Hall–Kier alpha value is -2.17. The van der Waals surface area contributed by atoms with Crippen molar-refractivity contribution in [2.24, 2.45) is 13.0 Å². The van der Waals surface area contributed by atoms with Crippen LogP contribution in [0.4, 0.5) is 10.3 Å². The minimum atomic E-state index is -0.282. The van der Waals surface area contributed by atoms with Crippen LogP contribution in [-0.2, 0) is 7.05 Å². The first-order valence-corrected chi connectivity index (χ1v) is 8.07. The van der Waals surface area contributed by atoms with Gasteiger partial charge in [-0.15, -0.1) is 0 Å². The molecule has 1 aromatic heterocycles. The van der Waals surface area contributed by atoms with Crippen LogP contribution < -0.4 is 10.9 Å². The summed E-state index contributed by atoms with van der Waals surface area (Å²) in [5, 5.41) is 3.21. The van der Waals surface area contributed by atoms with E-state index < -0.39 is 0 Å². The third kappa shape index (κ3) is 3.28. The van der Waals surface area contributed by atoms with Gasteiger partial charge in [0.1, 0.15) is 5.82 Å². The average Bonchev–Trinajstić information content (AvgIpc) is 3.32. The van der Waals surface area contributed by atoms with E-state index in [9.17, 15) is 9.18 Å². The van der Waals surface area contributed by atoms with Gasteiger partial charge in [-0.25, -0.2) is 9.37 Å². The van der Waals surface area contributed by atoms with Crippen molar-refractivity contribution in [1.82, 2.24) is 9.55 Å². The maximum atomic E-state index is 14.2. The summed E-state index contributed by atoms with van der Waals surface area (Å²) >= 11 is 0. The molecule has 4 nitrogen and oxygen atoms in total. The first-order valence-electron chi connectivity index (χ1n) is 8.07. The molecule has 0 saturated heterocycles. The van der Waals surface area contributed by atoms with Crippen molar-refractivity contribution in [3.63, 3.8) is 0 Å². The van der Waals surface area contributed by atoms with Crippen LogP contribution in [0, 0.1) is 11.7 Å². The molecule has 0 unspecified atom stereocenters. The Bertz CT molecular complexity index is 778. The maximum Gasteiger partial charge on any atom is 0.262 e. The van der Waals surface area contributed by atoms with Gasteiger partial charge in [0, 0.05) is 19.8 Å². The van der Waals surface area contributed by atoms with Gasteiger partial charge in [-0.05, 0) is 41.9 Å². The Labute approximate surface area is 135 Å². The van der Waals surface area contributed by atoms with Gasteiger partial charge < -0.3 is 5.32 Å². The maximum absolute atomic E-state index is 14.2. The molecule has 0 bridgehead atoms. The zero-order valence-corrected chi connectivity index (χ0v) is 13.8. The van der Waals surface area contributed by atoms with Gasteiger partial charge in [-0.1, -0.05) is 26.0 Å². The molecular formula is C18H22FN3O. The van der Waals surface area contributed by atoms with Gasteiger partial charge >= 0.3 is 0 Å². The van der Waals surface area contributed by atoms with Gasteiger partial charge in [-0.2, -0.15) is 0 Å². The van der Waals surface area contributed by atoms with Crippen molar-refractivity contribution in [2.75, 3.05) is 11.9 Å². The van der Waals surface area contributed by atoms with Crippen molar-refractivity contribution in [1.29, 1.82) is 0 Å². The van der Waals surface area contributed by atoms with Crippen LogP contribution in [0.5, 0.6) is 0 Å². The molecule has 1 saturated carbocycles. The zero-order valence-electron chi connectivity index (χ0n) is 13.8. The second-order valence-corrected chi connectivity index (χ2v) is 6.57. The van der Waals surface area contributed by atoms with E-state index in [2.05, 4.69) is 10.3 Å². The predicted octanol–water partition coefficient (Wildman–Crippen LogP) is 3.53. The van der Waals surface area contributed by atoms with E-state index in [-0.39, 0.29) is 17.3 Å². The molecule has 1 aliphatic rings. The SMILES string of the molecule is CC(C)c1ccc(-c2cnc(NCC3CC3)n(C)c2=O)cc1F. The minimum absolute atomic E-state index is 0.110. The lowest BCUT2D eigenvalue weighted by Gasteiger charge is -2.12. The lowest BCUT2D eigenvalue weighted by molar-refractivity contribution is 0.599. The summed E-state index contributed by atoms with van der Waals surface area (Å²) in [5.74, 6) is 1.09. The van der Waals surface area contributed by atoms with E-state index in [0.717, 1.165) is 6.54 Å². The van der Waals surface area contributed by atoms with Crippen molar-refractivity contribution >= 4 is 5.95 Å². The molecule has 5 heteroatoms. The molecule has 3 rings (SSSR count). The highest BCUT2D eigenvalue weighted by Gasteiger charge is 2.21. The van der Waals surface area contributed by atoms with Gasteiger partial charge in [0.15, 0.2) is 0 Å². The lowest BCUT2D eigenvalue weighted by atomic mass is 9.99. The summed E-state index contributed by atoms with van der Waals surface area (Å²) in [6, 6.07) is 4.95. The summed E-state index contributed by atoms with van der Waals surface area (Å²) in [4.78, 5) is 16.9. The number of hydrogen-bond acceptors (Lipinski definition) is 3. The average molecular weight is 315 g/mol. The van der Waals surface area contributed by atoms with E-state index in [1.807, 2.05) is 13.8 Å². The molecule has 23 heavy (non-hydrogen) atoms. The smallest absolute Gasteiger partial charge is 0.262 e. The third-order valence-electron chi connectivity index (χ3n) is 4.35. The molecule has 2 aromatic rings. The largest absolute Gasteiger partial charge is 0.355 e. The van der Waals surface area contributed by atoms with Crippen molar-refractivity contribution in [3.05, 3.63) is 46.1 Å². The van der Waals surface area contributed by atoms with Crippen LogP contribution in [0.1, 0.15) is 38.2 Å². The van der Waals surface area contributed by atoms with E-state index in [4.69, 9.17) is 0 Å². The summed E-state index contributed by atoms with van der Waals surface area (Å²) in [7, 11) is 1.69. The Morgan fingerprint density at radius 2 is 2.13 bits per heavy atom. The third-order valence-corrected chi connectivity index (χ3v) is 4.35. The van der Waals surface area contributed by atoms with Crippen LogP contribution in [0.25, 0.3) is 11.1 Å². The van der Waals surface area contributed by atoms with Gasteiger partial charge in [-0.3, -0.25) is 9.36 Å². The Kier molecular flexibility index (Phi) is 4.20. The number of halogens is 1. The number of benzene rings is 1. The molecule has 1 aromatic carbocycles. The molecule has 1 fully saturated rings. The highest BCUT2D eigenvalue weighted by Crippen LogP contribution is 2.28. The van der Waals surface area contributed by atoms with Crippen LogP contribution in [0.2, 0.25) is 0 Å². The van der Waals surface area contributed by atoms with E-state index in [1.165, 1.54) is 29.7 Å². The van der Waals surface area contributed by atoms with Crippen LogP contribution in [-0.4, -0.2) is 16.1 Å². The number of rotatable bonds is 5. The fourth-order valence-electron chi connectivity index (χ4n) is 2.63. The first-order chi connectivity index (χ1) is 11.0. The molecular weight excluding hydrogens is 293 g/mol. The van der Waals surface area contributed by atoms with Crippen molar-refractivity contribution < 1.29 is 4.39 Å². The van der Waals surface area contributed by atoms with Crippen molar-refractivity contribution in [3.8, 4) is 11.1 Å². The molecule has 122 valence electrons. The van der Waals surface area contributed by atoms with Crippen LogP contribution >= 0.6 is 0 Å². The fraction of sp³-hybridized carbons (Fsp3) is 0.444. The van der Waals surface area contributed by atoms with E-state index >= 15 is 0 Å². The van der Waals surface area contributed by atoms with Gasteiger partial charge in [0.05, 0.1) is 5.56 Å². The van der Waals surface area contributed by atoms with Gasteiger partial charge in [0.2, 0.25) is 5.95 Å². The van der Waals surface area contributed by atoms with Crippen molar-refractivity contribution in [2.45, 2.75) is 32.6 Å². The predicted molar refractivity (Wildman–Crippen MR) is 90.2 cm³/mol. The molecule has 0 atom stereocenters. The number of hydrogen-bond donors (Lipinski definition) is 1. The number of nitrogens with zero attached hydrogens (tertiary/aromatic N) is 2. The molecule has 0 spiro atoms. The molecule has 0 aliphatic heterocycles. The minimum Gasteiger partial charge on any atom is -0.355 e. The Morgan fingerprint density at radius 1 is 1.39 bits per heavy atom. The summed E-state index contributed by atoms with van der Waals surface area (Å²) in [6.45, 7) is 4.73. The molecule has 0 amide bonds. The quantitative estimate of drug-likeness (QED) is 0.918. The summed E-state index contributed by atoms with van der Waals surface area (Å²) in [6.07, 6.45) is 4.00. The van der Waals surface area contributed by atoms with E-state index in [0.29, 0.717) is 28.6 Å². The molecule has 1 aliphatic carbocycles. The molecule has 1 N–H and O–H groups in total. The zero-order chi connectivity index (χ0) is 16.6. The van der Waals surface area contributed by atoms with Crippen LogP contribution in [0.15, 0.2) is 29.2 Å². The molecule has 1 heterocycles. The normalized spacial score (nSPS) is 14.3. The second kappa shape index (κ2) is 6.14. The standard InChI is InChI=1S/C18H22FN3O/c1-11(2)14-7-6-13(8-16(14)19)15-10-21-18(22(3)17(15)23)20-9-12-4-5-12/h6-8,10-12H,4-5,9H2,1-3H3,(H,20,21). The Balaban J connectivity index is 1.92. The summed E-state index contributed by atoms with van der Waals surface area (Å²) in [5.41, 5.74) is 1.46. The number of anilines is 1. The topological polar surface area (TPSA) is 46.9 Å². The first kappa shape index (κ1) is 15.7. The summed E-state index contributed by atoms with van der Waals surface area (Å²) < 4.78 is 15.7. The van der Waals surface area contributed by atoms with Crippen LogP contribution in [0.3, 0.4) is 0 Å². The Morgan fingerprint density at radius 3 is 2.74 bits per heavy atom. The monoisotopic (exact) mass is 315 g/mol. The fourth-order valence-corrected chi connectivity index (χ4v) is 2.63. The highest BCUT2D eigenvalue weighted by molar-refractivity contribution is 5.63. The highest BCUT2D eigenvalue weighted by atomic mass is 19.1. The number of nitrogens with one attached hydrogen (secondary N) is 1. The van der Waals surface area contributed by atoms with E-state index in [1.54, 1.807) is 19.2 Å². The number of aromatic nitrogens is 2. The van der Waals surface area contributed by atoms with Gasteiger partial charge in [0.25, 0.3) is 5.56 Å². The lowest BCUT2D eigenvalue weighted by Crippen LogP contribution is -2.24. The molecule has 0 radical (unpaired) electrons. The second-order valence-electron chi connectivity index (χ2n) is 6.57.